The van der Waals surface area contributed by atoms with Crippen LogP contribution in [0.1, 0.15) is 55.4 Å². The first-order valence-corrected chi connectivity index (χ1v) is 7.77. The van der Waals surface area contributed by atoms with Crippen LogP contribution in [0.15, 0.2) is 12.4 Å². The Morgan fingerprint density at radius 2 is 2.14 bits per heavy atom. The van der Waals surface area contributed by atoms with E-state index < -0.39 is 0 Å². The minimum Gasteiger partial charge on any atom is -0.481 e. The molecule has 2 fully saturated rings. The van der Waals surface area contributed by atoms with E-state index in [4.69, 9.17) is 9.47 Å². The lowest BCUT2D eigenvalue weighted by atomic mass is 9.74. The van der Waals surface area contributed by atoms with Crippen LogP contribution < -0.4 is 4.74 Å². The molecule has 0 radical (unpaired) electrons. The number of carbonyl (C=O) groups excluding carboxylic acids is 1. The number of carbonyl (C=O) groups is 1. The lowest BCUT2D eigenvalue weighted by Crippen LogP contribution is -2.43. The highest BCUT2D eigenvalue weighted by molar-refractivity contribution is 5.96. The van der Waals surface area contributed by atoms with E-state index in [1.165, 1.54) is 25.6 Å². The van der Waals surface area contributed by atoms with E-state index in [-0.39, 0.29) is 17.3 Å². The van der Waals surface area contributed by atoms with Gasteiger partial charge in [-0.3, -0.25) is 4.79 Å². The van der Waals surface area contributed by atoms with Gasteiger partial charge in [0.2, 0.25) is 5.88 Å². The summed E-state index contributed by atoms with van der Waals surface area (Å²) in [7, 11) is 1.54. The van der Waals surface area contributed by atoms with Crippen LogP contribution in [-0.2, 0) is 4.74 Å². The molecule has 1 aromatic heterocycles. The van der Waals surface area contributed by atoms with E-state index >= 15 is 0 Å². The lowest BCUT2D eigenvalue weighted by molar-refractivity contribution is -0.111. The van der Waals surface area contributed by atoms with Crippen molar-refractivity contribution in [2.24, 2.45) is 5.92 Å². The molecular formula is C16H22N2O3. The van der Waals surface area contributed by atoms with Crippen molar-refractivity contribution in [3.05, 3.63) is 18.1 Å². The van der Waals surface area contributed by atoms with Gasteiger partial charge in [0, 0.05) is 18.6 Å². The van der Waals surface area contributed by atoms with Gasteiger partial charge in [0.15, 0.2) is 5.78 Å². The smallest absolute Gasteiger partial charge is 0.216 e. The van der Waals surface area contributed by atoms with Gasteiger partial charge in [0.1, 0.15) is 12.0 Å². The molecule has 5 heteroatoms. The number of ether oxygens (including phenoxy) is 2. The van der Waals surface area contributed by atoms with Gasteiger partial charge in [-0.1, -0.05) is 19.3 Å². The second-order valence-electron chi connectivity index (χ2n) is 6.09. The summed E-state index contributed by atoms with van der Waals surface area (Å²) < 4.78 is 11.1. The van der Waals surface area contributed by atoms with E-state index in [0.29, 0.717) is 18.2 Å². The number of hydrogen-bond donors (Lipinski definition) is 0. The Balaban J connectivity index is 1.74. The van der Waals surface area contributed by atoms with Crippen molar-refractivity contribution in [2.75, 3.05) is 13.7 Å². The fraction of sp³-hybridized carbons (Fsp3) is 0.688. The highest BCUT2D eigenvalue weighted by Crippen LogP contribution is 2.41. The van der Waals surface area contributed by atoms with Crippen LogP contribution >= 0.6 is 0 Å². The number of nitrogens with zero attached hydrogens (tertiary/aromatic N) is 2. The summed E-state index contributed by atoms with van der Waals surface area (Å²) in [5.74, 6) is 0.549. The Morgan fingerprint density at radius 3 is 2.90 bits per heavy atom. The third kappa shape index (κ3) is 3.07. The molecule has 1 saturated heterocycles. The summed E-state index contributed by atoms with van der Waals surface area (Å²) in [4.78, 5) is 20.8. The minimum atomic E-state index is -0.0616. The van der Waals surface area contributed by atoms with Crippen LogP contribution in [0.25, 0.3) is 0 Å². The first-order chi connectivity index (χ1) is 10.2. The van der Waals surface area contributed by atoms with Crippen molar-refractivity contribution in [1.82, 2.24) is 9.97 Å². The maximum Gasteiger partial charge on any atom is 0.216 e. The van der Waals surface area contributed by atoms with Crippen molar-refractivity contribution in [3.8, 4) is 5.88 Å². The zero-order chi connectivity index (χ0) is 14.7. The Morgan fingerprint density at radius 1 is 1.33 bits per heavy atom. The molecule has 114 valence electrons. The molecule has 0 amide bonds. The fourth-order valence-electron chi connectivity index (χ4n) is 3.59. The normalized spacial score (nSPS) is 24.7. The SMILES string of the molecule is COc1cc(C(=O)C2CCOC3(CCCCC3)C2)ncn1. The lowest BCUT2D eigenvalue weighted by Gasteiger charge is -2.43. The Bertz CT molecular complexity index is 506. The first-order valence-electron chi connectivity index (χ1n) is 7.77. The van der Waals surface area contributed by atoms with Gasteiger partial charge in [-0.15, -0.1) is 0 Å². The van der Waals surface area contributed by atoms with Crippen LogP contribution in [0, 0.1) is 5.92 Å². The van der Waals surface area contributed by atoms with Crippen LogP contribution in [0.3, 0.4) is 0 Å². The topological polar surface area (TPSA) is 61.3 Å². The standard InChI is InChI=1S/C16H22N2O3/c1-20-14-9-13(17-11-18-14)15(19)12-5-8-21-16(10-12)6-3-2-4-7-16/h9,11-12H,2-8,10H2,1H3. The molecule has 0 N–H and O–H groups in total. The van der Waals surface area contributed by atoms with Crippen LogP contribution in [-0.4, -0.2) is 35.1 Å². The van der Waals surface area contributed by atoms with Crippen LogP contribution in [0.2, 0.25) is 0 Å². The summed E-state index contributed by atoms with van der Waals surface area (Å²) >= 11 is 0. The van der Waals surface area contributed by atoms with Gasteiger partial charge < -0.3 is 9.47 Å². The van der Waals surface area contributed by atoms with Gasteiger partial charge in [0.05, 0.1) is 12.7 Å². The highest BCUT2D eigenvalue weighted by atomic mass is 16.5. The predicted octanol–water partition coefficient (Wildman–Crippen LogP) is 2.80. The molecule has 1 saturated carbocycles. The number of aromatic nitrogens is 2. The van der Waals surface area contributed by atoms with E-state index in [0.717, 1.165) is 25.7 Å². The highest BCUT2D eigenvalue weighted by Gasteiger charge is 2.41. The Hall–Kier alpha value is -1.49. The predicted molar refractivity (Wildman–Crippen MR) is 77.4 cm³/mol. The van der Waals surface area contributed by atoms with Crippen molar-refractivity contribution >= 4 is 5.78 Å². The van der Waals surface area contributed by atoms with E-state index in [1.54, 1.807) is 13.2 Å². The summed E-state index contributed by atoms with van der Waals surface area (Å²) in [5.41, 5.74) is 0.397. The molecule has 1 aromatic rings. The number of ketones is 1. The maximum absolute atomic E-state index is 12.7. The molecule has 1 spiro atoms. The summed E-state index contributed by atoms with van der Waals surface area (Å²) in [5, 5.41) is 0. The molecule has 1 aliphatic heterocycles. The van der Waals surface area contributed by atoms with Crippen LogP contribution in [0.5, 0.6) is 5.88 Å². The first kappa shape index (κ1) is 14.4. The zero-order valence-corrected chi connectivity index (χ0v) is 12.5. The number of Topliss-reactive ketones (excluding diaryl/α,β-unsaturated/α-hetero) is 1. The molecule has 0 bridgehead atoms. The summed E-state index contributed by atoms with van der Waals surface area (Å²) in [6.07, 6.45) is 8.89. The monoisotopic (exact) mass is 290 g/mol. The average molecular weight is 290 g/mol. The Kier molecular flexibility index (Phi) is 4.19. The Labute approximate surface area is 125 Å². The number of hydrogen-bond acceptors (Lipinski definition) is 5. The van der Waals surface area contributed by atoms with Gasteiger partial charge in [0.25, 0.3) is 0 Å². The molecular weight excluding hydrogens is 268 g/mol. The molecule has 2 aliphatic rings. The second-order valence-corrected chi connectivity index (χ2v) is 6.09. The van der Waals surface area contributed by atoms with Crippen LogP contribution in [0.4, 0.5) is 0 Å². The molecule has 0 aromatic carbocycles. The van der Waals surface area contributed by atoms with Crippen molar-refractivity contribution in [1.29, 1.82) is 0 Å². The van der Waals surface area contributed by atoms with Crippen molar-refractivity contribution in [2.45, 2.75) is 50.5 Å². The third-order valence-electron chi connectivity index (χ3n) is 4.73. The summed E-state index contributed by atoms with van der Waals surface area (Å²) in [6.45, 7) is 0.679. The van der Waals surface area contributed by atoms with Gasteiger partial charge >= 0.3 is 0 Å². The number of rotatable bonds is 3. The largest absolute Gasteiger partial charge is 0.481 e. The van der Waals surface area contributed by atoms with E-state index in [1.807, 2.05) is 0 Å². The molecule has 3 rings (SSSR count). The van der Waals surface area contributed by atoms with Gasteiger partial charge in [-0.2, -0.15) is 0 Å². The number of methoxy groups -OCH3 is 1. The molecule has 5 nitrogen and oxygen atoms in total. The van der Waals surface area contributed by atoms with E-state index in [2.05, 4.69) is 9.97 Å². The van der Waals surface area contributed by atoms with Crippen molar-refractivity contribution < 1.29 is 14.3 Å². The molecule has 2 heterocycles. The van der Waals surface area contributed by atoms with Gasteiger partial charge in [-0.05, 0) is 25.7 Å². The molecule has 1 atom stereocenters. The quantitative estimate of drug-likeness (QED) is 0.801. The zero-order valence-electron chi connectivity index (χ0n) is 12.5. The average Bonchev–Trinajstić information content (AvgIpc) is 2.55. The minimum absolute atomic E-state index is 0.0106. The summed E-state index contributed by atoms with van der Waals surface area (Å²) in [6, 6.07) is 1.63. The fourth-order valence-corrected chi connectivity index (χ4v) is 3.59. The van der Waals surface area contributed by atoms with Crippen molar-refractivity contribution in [3.63, 3.8) is 0 Å². The molecule has 21 heavy (non-hydrogen) atoms. The maximum atomic E-state index is 12.7. The molecule has 1 aliphatic carbocycles. The third-order valence-corrected chi connectivity index (χ3v) is 4.73. The van der Waals surface area contributed by atoms with E-state index in [9.17, 15) is 4.79 Å². The van der Waals surface area contributed by atoms with Gasteiger partial charge in [-0.25, -0.2) is 9.97 Å². The second kappa shape index (κ2) is 6.10. The molecule has 1 unspecified atom stereocenters.